The van der Waals surface area contributed by atoms with Crippen molar-refractivity contribution in [3.63, 3.8) is 0 Å². The van der Waals surface area contributed by atoms with Crippen LogP contribution in [0.2, 0.25) is 0 Å². The molecule has 2 N–H and O–H groups in total. The number of aliphatic hydroxyl groups is 1. The highest BCUT2D eigenvalue weighted by Gasteiger charge is 2.40. The number of allylic oxidation sites excluding steroid dienone is 1. The third-order valence-electron chi connectivity index (χ3n) is 7.70. The molecule has 5 rings (SSSR count). The van der Waals surface area contributed by atoms with Crippen LogP contribution in [0.25, 0.3) is 16.9 Å². The first-order chi connectivity index (χ1) is 20.5. The van der Waals surface area contributed by atoms with Gasteiger partial charge in [0.15, 0.2) is 11.5 Å². The van der Waals surface area contributed by atoms with Gasteiger partial charge in [0.05, 0.1) is 18.3 Å². The van der Waals surface area contributed by atoms with Gasteiger partial charge in [-0.3, -0.25) is 4.79 Å². The molecule has 44 heavy (non-hydrogen) atoms. The van der Waals surface area contributed by atoms with Gasteiger partial charge < -0.3 is 20.1 Å². The summed E-state index contributed by atoms with van der Waals surface area (Å²) in [5, 5.41) is 14.2. The van der Waals surface area contributed by atoms with Gasteiger partial charge in [0.2, 0.25) is 5.95 Å². The van der Waals surface area contributed by atoms with Crippen LogP contribution in [-0.4, -0.2) is 52.6 Å². The van der Waals surface area contributed by atoms with E-state index in [1.807, 2.05) is 39.8 Å². The first-order valence-corrected chi connectivity index (χ1v) is 14.7. The van der Waals surface area contributed by atoms with Crippen molar-refractivity contribution in [1.82, 2.24) is 29.2 Å². The summed E-state index contributed by atoms with van der Waals surface area (Å²) in [4.78, 5) is 42.1. The quantitative estimate of drug-likeness (QED) is 0.269. The molecular formula is C33H41N7O4. The Morgan fingerprint density at radius 1 is 1.18 bits per heavy atom. The van der Waals surface area contributed by atoms with E-state index in [0.29, 0.717) is 29.1 Å². The van der Waals surface area contributed by atoms with Crippen LogP contribution in [0, 0.1) is 0 Å². The van der Waals surface area contributed by atoms with Gasteiger partial charge in [-0.15, -0.1) is 6.58 Å². The molecule has 0 saturated heterocycles. The third-order valence-corrected chi connectivity index (χ3v) is 7.70. The van der Waals surface area contributed by atoms with Gasteiger partial charge in [0.1, 0.15) is 16.6 Å². The number of carbonyl (C=O) groups excluding carboxylic acids is 1. The van der Waals surface area contributed by atoms with Crippen molar-refractivity contribution >= 4 is 28.8 Å². The van der Waals surface area contributed by atoms with Crippen LogP contribution in [0.1, 0.15) is 78.3 Å². The van der Waals surface area contributed by atoms with E-state index in [1.54, 1.807) is 47.7 Å². The number of nitrogens with zero attached hydrogens (tertiary/aromatic N) is 6. The maximum absolute atomic E-state index is 13.4. The van der Waals surface area contributed by atoms with Crippen LogP contribution in [0.5, 0.6) is 0 Å². The molecule has 11 nitrogen and oxygen atoms in total. The number of nitrogens with one attached hydrogen (secondary N) is 1. The fourth-order valence-electron chi connectivity index (χ4n) is 5.58. The summed E-state index contributed by atoms with van der Waals surface area (Å²) in [6.07, 6.45) is 2.77. The molecule has 232 valence electrons. The van der Waals surface area contributed by atoms with Gasteiger partial charge in [0.25, 0.3) is 5.56 Å². The molecule has 0 aliphatic carbocycles. The predicted molar refractivity (Wildman–Crippen MR) is 170 cm³/mol. The molecule has 1 aliphatic heterocycles. The van der Waals surface area contributed by atoms with Gasteiger partial charge in [-0.25, -0.2) is 24.1 Å². The Kier molecular flexibility index (Phi) is 7.65. The minimum absolute atomic E-state index is 0.217. The fraction of sp³-hybridized carbons (Fsp3) is 0.424. The van der Waals surface area contributed by atoms with E-state index >= 15 is 0 Å². The van der Waals surface area contributed by atoms with E-state index in [2.05, 4.69) is 41.8 Å². The molecule has 4 aromatic rings. The Morgan fingerprint density at radius 2 is 1.91 bits per heavy atom. The lowest BCUT2D eigenvalue weighted by atomic mass is 9.76. The third kappa shape index (κ3) is 5.84. The fourth-order valence-corrected chi connectivity index (χ4v) is 5.58. The number of anilines is 2. The molecule has 4 heterocycles. The summed E-state index contributed by atoms with van der Waals surface area (Å²) in [5.74, 6) is 0.711. The number of rotatable bonds is 6. The monoisotopic (exact) mass is 599 g/mol. The topological polar surface area (TPSA) is 127 Å². The lowest BCUT2D eigenvalue weighted by molar-refractivity contribution is 0.00996. The van der Waals surface area contributed by atoms with Crippen molar-refractivity contribution in [2.24, 2.45) is 0 Å². The van der Waals surface area contributed by atoms with Crippen LogP contribution in [0.4, 0.5) is 16.4 Å². The Labute approximate surface area is 257 Å². The number of fused-ring (bicyclic) bond motifs is 2. The van der Waals surface area contributed by atoms with E-state index < -0.39 is 11.2 Å². The average Bonchev–Trinajstić information content (AvgIpc) is 3.20. The lowest BCUT2D eigenvalue weighted by Crippen LogP contribution is -2.48. The van der Waals surface area contributed by atoms with Crippen LogP contribution in [0.3, 0.4) is 0 Å². The van der Waals surface area contributed by atoms with Crippen LogP contribution >= 0.6 is 0 Å². The molecule has 0 bridgehead atoms. The number of ether oxygens (including phenoxy) is 1. The summed E-state index contributed by atoms with van der Waals surface area (Å²) < 4.78 is 8.83. The van der Waals surface area contributed by atoms with Gasteiger partial charge >= 0.3 is 6.09 Å². The second-order valence-electron chi connectivity index (χ2n) is 13.5. The normalized spacial score (nSPS) is 16.5. The maximum atomic E-state index is 13.4. The largest absolute Gasteiger partial charge is 0.444 e. The number of pyridine rings is 1. The van der Waals surface area contributed by atoms with Gasteiger partial charge in [-0.1, -0.05) is 32.1 Å². The zero-order valence-electron chi connectivity index (χ0n) is 26.7. The molecule has 1 amide bonds. The number of hydrogen-bond donors (Lipinski definition) is 2. The highest BCUT2D eigenvalue weighted by atomic mass is 16.6. The summed E-state index contributed by atoms with van der Waals surface area (Å²) in [6.45, 7) is 19.7. The molecule has 3 aromatic heterocycles. The molecule has 0 spiro atoms. The highest BCUT2D eigenvalue weighted by molar-refractivity contribution is 5.77. The molecule has 0 saturated carbocycles. The lowest BCUT2D eigenvalue weighted by Gasteiger charge is -2.44. The molecule has 0 unspecified atom stereocenters. The molecule has 0 fully saturated rings. The van der Waals surface area contributed by atoms with Gasteiger partial charge in [-0.2, -0.15) is 4.98 Å². The second-order valence-corrected chi connectivity index (χ2v) is 13.5. The standard InChI is InChI=1S/C33H41N7O4/c1-10-16-39-28(41)23-18-34-29(37-27(23)40(39)26-13-11-12-25(36-26)33(8,9)43)35-21-14-15-24-22(17-21)20(2)38(19-32(24,6)7)30(42)44-31(3,4)5/h10-15,17-18,20,43H,1,16,19H2,2-9H3,(H,34,35,37)/t20-/m0/s1. The van der Waals surface area contributed by atoms with E-state index in [0.717, 1.165) is 16.8 Å². The zero-order chi connectivity index (χ0) is 32.2. The van der Waals surface area contributed by atoms with E-state index in [9.17, 15) is 14.7 Å². The van der Waals surface area contributed by atoms with Crippen molar-refractivity contribution in [2.75, 3.05) is 11.9 Å². The predicted octanol–water partition coefficient (Wildman–Crippen LogP) is 5.72. The van der Waals surface area contributed by atoms with Crippen molar-refractivity contribution in [3.8, 4) is 5.82 Å². The molecular weight excluding hydrogens is 558 g/mol. The van der Waals surface area contributed by atoms with Crippen molar-refractivity contribution < 1.29 is 14.6 Å². The van der Waals surface area contributed by atoms with Gasteiger partial charge in [0, 0.05) is 23.8 Å². The minimum atomic E-state index is -1.18. The second kappa shape index (κ2) is 10.9. The highest BCUT2D eigenvalue weighted by Crippen LogP contribution is 2.41. The number of benzene rings is 1. The first-order valence-electron chi connectivity index (χ1n) is 14.7. The average molecular weight is 600 g/mol. The molecule has 0 radical (unpaired) electrons. The Balaban J connectivity index is 1.55. The first kappa shape index (κ1) is 30.9. The summed E-state index contributed by atoms with van der Waals surface area (Å²) in [7, 11) is 0. The summed E-state index contributed by atoms with van der Waals surface area (Å²) >= 11 is 0. The Hall–Kier alpha value is -4.51. The number of amides is 1. The van der Waals surface area contributed by atoms with E-state index in [4.69, 9.17) is 9.72 Å². The summed E-state index contributed by atoms with van der Waals surface area (Å²) in [6, 6.07) is 11.1. The SMILES string of the molecule is C=CCn1c(=O)c2cnc(Nc3ccc4c(c3)[C@H](C)N(C(=O)OC(C)(C)C)CC4(C)C)nc2n1-c1cccc(C(C)(C)O)n1. The number of carbonyl (C=O) groups is 1. The number of aromatic nitrogens is 5. The summed E-state index contributed by atoms with van der Waals surface area (Å²) in [5.41, 5.74) is 1.35. The van der Waals surface area contributed by atoms with E-state index in [1.165, 1.54) is 10.9 Å². The number of hydrogen-bond acceptors (Lipinski definition) is 8. The van der Waals surface area contributed by atoms with Crippen LogP contribution in [-0.2, 0) is 22.3 Å². The molecule has 1 atom stereocenters. The smallest absolute Gasteiger partial charge is 0.410 e. The molecule has 11 heteroatoms. The Bertz CT molecular complexity index is 1810. The molecule has 1 aliphatic rings. The van der Waals surface area contributed by atoms with Crippen molar-refractivity contribution in [3.05, 3.63) is 82.4 Å². The van der Waals surface area contributed by atoms with Crippen molar-refractivity contribution in [2.45, 2.75) is 84.6 Å². The van der Waals surface area contributed by atoms with Gasteiger partial charge in [-0.05, 0) is 76.9 Å². The Morgan fingerprint density at radius 3 is 2.57 bits per heavy atom. The van der Waals surface area contributed by atoms with Crippen molar-refractivity contribution in [1.29, 1.82) is 0 Å². The zero-order valence-corrected chi connectivity index (χ0v) is 26.7. The molecule has 1 aromatic carbocycles. The van der Waals surface area contributed by atoms with Crippen LogP contribution < -0.4 is 10.9 Å². The van der Waals surface area contributed by atoms with E-state index in [-0.39, 0.29) is 35.6 Å². The maximum Gasteiger partial charge on any atom is 0.410 e. The minimum Gasteiger partial charge on any atom is -0.444 e. The van der Waals surface area contributed by atoms with Crippen LogP contribution in [0.15, 0.2) is 60.0 Å².